The molecular formula is C14H11FN4. The Morgan fingerprint density at radius 2 is 1.95 bits per heavy atom. The first-order valence-electron chi connectivity index (χ1n) is 5.52. The van der Waals surface area contributed by atoms with Crippen molar-refractivity contribution in [2.24, 2.45) is 5.84 Å². The van der Waals surface area contributed by atoms with Gasteiger partial charge < -0.3 is 0 Å². The number of nitrogens with one attached hydrogen (secondary N) is 1. The van der Waals surface area contributed by atoms with Gasteiger partial charge in [0.1, 0.15) is 17.7 Å². The van der Waals surface area contributed by atoms with E-state index >= 15 is 0 Å². The number of benzene rings is 2. The summed E-state index contributed by atoms with van der Waals surface area (Å²) in [6.07, 6.45) is 0. The van der Waals surface area contributed by atoms with Crippen LogP contribution in [0.15, 0.2) is 48.5 Å². The van der Waals surface area contributed by atoms with Crippen LogP contribution in [-0.4, -0.2) is 5.84 Å². The Morgan fingerprint density at radius 3 is 2.63 bits per heavy atom. The minimum Gasteiger partial charge on any atom is -0.283 e. The number of nitrogens with two attached hydrogens (primary N) is 1. The molecule has 19 heavy (non-hydrogen) atoms. The average Bonchev–Trinajstić information content (AvgIpc) is 2.45. The monoisotopic (exact) mass is 254 g/mol. The molecule has 0 spiro atoms. The van der Waals surface area contributed by atoms with E-state index in [9.17, 15) is 4.39 Å². The summed E-state index contributed by atoms with van der Waals surface area (Å²) in [6.45, 7) is 0. The number of halogens is 1. The van der Waals surface area contributed by atoms with Crippen molar-refractivity contribution in [2.75, 3.05) is 5.01 Å². The molecule has 94 valence electrons. The van der Waals surface area contributed by atoms with Crippen LogP contribution < -0.4 is 10.9 Å². The molecule has 0 bridgehead atoms. The fourth-order valence-corrected chi connectivity index (χ4v) is 1.67. The lowest BCUT2D eigenvalue weighted by atomic mass is 10.1. The summed E-state index contributed by atoms with van der Waals surface area (Å²) in [4.78, 5) is 0. The van der Waals surface area contributed by atoms with Gasteiger partial charge in [-0.3, -0.25) is 10.4 Å². The third kappa shape index (κ3) is 2.59. The molecule has 0 radical (unpaired) electrons. The number of nitrogens with zero attached hydrogens (tertiary/aromatic N) is 2. The van der Waals surface area contributed by atoms with E-state index in [1.165, 1.54) is 18.2 Å². The second-order valence-corrected chi connectivity index (χ2v) is 3.86. The molecular weight excluding hydrogens is 243 g/mol. The standard InChI is InChI=1S/C14H11FN4/c15-12-6-3-5-10(8-12)14(17)19(18)13-7-2-1-4-11(13)9-16/h1-8,17H,18H2. The number of hydrogen-bond donors (Lipinski definition) is 2. The quantitative estimate of drug-likeness (QED) is 0.374. The zero-order valence-corrected chi connectivity index (χ0v) is 9.97. The first kappa shape index (κ1) is 12.7. The first-order valence-corrected chi connectivity index (χ1v) is 5.52. The molecule has 0 heterocycles. The molecule has 0 saturated carbocycles. The Hall–Kier alpha value is -2.71. The maximum absolute atomic E-state index is 13.1. The summed E-state index contributed by atoms with van der Waals surface area (Å²) in [5.41, 5.74) is 1.10. The van der Waals surface area contributed by atoms with E-state index in [2.05, 4.69) is 0 Å². The van der Waals surface area contributed by atoms with Gasteiger partial charge in [0.15, 0.2) is 0 Å². The molecule has 0 aliphatic carbocycles. The fourth-order valence-electron chi connectivity index (χ4n) is 1.67. The maximum Gasteiger partial charge on any atom is 0.147 e. The van der Waals surface area contributed by atoms with Crippen LogP contribution in [0, 0.1) is 22.6 Å². The van der Waals surface area contributed by atoms with Crippen molar-refractivity contribution in [1.82, 2.24) is 0 Å². The van der Waals surface area contributed by atoms with Crippen molar-refractivity contribution in [3.8, 4) is 6.07 Å². The normalized spacial score (nSPS) is 9.74. The third-order valence-corrected chi connectivity index (χ3v) is 2.62. The van der Waals surface area contributed by atoms with Crippen molar-refractivity contribution < 1.29 is 4.39 Å². The zero-order valence-electron chi connectivity index (χ0n) is 9.97. The molecule has 5 heteroatoms. The van der Waals surface area contributed by atoms with Crippen molar-refractivity contribution in [3.05, 3.63) is 65.5 Å². The van der Waals surface area contributed by atoms with Crippen LogP contribution in [0.3, 0.4) is 0 Å². The van der Waals surface area contributed by atoms with Crippen molar-refractivity contribution in [3.63, 3.8) is 0 Å². The summed E-state index contributed by atoms with van der Waals surface area (Å²) in [5.74, 6) is 5.31. The van der Waals surface area contributed by atoms with Crippen LogP contribution in [0.4, 0.5) is 10.1 Å². The summed E-state index contributed by atoms with van der Waals surface area (Å²) in [7, 11) is 0. The van der Waals surface area contributed by atoms with E-state index in [-0.39, 0.29) is 5.84 Å². The predicted octanol–water partition coefficient (Wildman–Crippen LogP) is 2.40. The highest BCUT2D eigenvalue weighted by Gasteiger charge is 2.14. The number of rotatable bonds is 2. The van der Waals surface area contributed by atoms with Gasteiger partial charge in [0.2, 0.25) is 0 Å². The van der Waals surface area contributed by atoms with Crippen molar-refractivity contribution in [1.29, 1.82) is 10.7 Å². The van der Waals surface area contributed by atoms with E-state index in [1.807, 2.05) is 6.07 Å². The Labute approximate surface area is 110 Å². The minimum absolute atomic E-state index is 0.0813. The number of hydrogen-bond acceptors (Lipinski definition) is 3. The molecule has 0 fully saturated rings. The summed E-state index contributed by atoms with van der Waals surface area (Å²) >= 11 is 0. The molecule has 0 atom stereocenters. The van der Waals surface area contributed by atoms with Gasteiger partial charge in [-0.1, -0.05) is 24.3 Å². The van der Waals surface area contributed by atoms with E-state index in [0.717, 1.165) is 5.01 Å². The molecule has 2 rings (SSSR count). The van der Waals surface area contributed by atoms with Crippen LogP contribution in [0.25, 0.3) is 0 Å². The third-order valence-electron chi connectivity index (χ3n) is 2.62. The highest BCUT2D eigenvalue weighted by Crippen LogP contribution is 2.19. The van der Waals surface area contributed by atoms with Crippen LogP contribution in [-0.2, 0) is 0 Å². The second-order valence-electron chi connectivity index (χ2n) is 3.86. The van der Waals surface area contributed by atoms with Crippen LogP contribution in [0.5, 0.6) is 0 Å². The van der Waals surface area contributed by atoms with Crippen molar-refractivity contribution >= 4 is 11.5 Å². The van der Waals surface area contributed by atoms with Gasteiger partial charge in [-0.25, -0.2) is 10.2 Å². The Balaban J connectivity index is 2.37. The summed E-state index contributed by atoms with van der Waals surface area (Å²) < 4.78 is 13.1. The number of hydrazine groups is 1. The van der Waals surface area contributed by atoms with Crippen LogP contribution in [0.1, 0.15) is 11.1 Å². The lowest BCUT2D eigenvalue weighted by Crippen LogP contribution is -2.38. The zero-order chi connectivity index (χ0) is 13.8. The molecule has 0 saturated heterocycles. The smallest absolute Gasteiger partial charge is 0.147 e. The Bertz CT molecular complexity index is 660. The number of nitriles is 1. The topological polar surface area (TPSA) is 76.9 Å². The Morgan fingerprint density at radius 1 is 1.21 bits per heavy atom. The molecule has 2 aromatic rings. The highest BCUT2D eigenvalue weighted by molar-refractivity contribution is 6.07. The van der Waals surface area contributed by atoms with Gasteiger partial charge >= 0.3 is 0 Å². The van der Waals surface area contributed by atoms with Gasteiger partial charge in [0.05, 0.1) is 11.3 Å². The summed E-state index contributed by atoms with van der Waals surface area (Å²) in [6, 6.07) is 14.3. The summed E-state index contributed by atoms with van der Waals surface area (Å²) in [5, 5.41) is 18.0. The highest BCUT2D eigenvalue weighted by atomic mass is 19.1. The van der Waals surface area contributed by atoms with Crippen LogP contribution >= 0.6 is 0 Å². The molecule has 0 aromatic heterocycles. The molecule has 0 amide bonds. The largest absolute Gasteiger partial charge is 0.283 e. The number of anilines is 1. The molecule has 3 N–H and O–H groups in total. The average molecular weight is 254 g/mol. The van der Waals surface area contributed by atoms with Gasteiger partial charge in [-0.05, 0) is 24.3 Å². The maximum atomic E-state index is 13.1. The van der Waals surface area contributed by atoms with E-state index in [0.29, 0.717) is 16.8 Å². The number of amidine groups is 1. The van der Waals surface area contributed by atoms with E-state index < -0.39 is 5.82 Å². The molecule has 0 aliphatic heterocycles. The van der Waals surface area contributed by atoms with Crippen molar-refractivity contribution in [2.45, 2.75) is 0 Å². The predicted molar refractivity (Wildman–Crippen MR) is 71.1 cm³/mol. The lowest BCUT2D eigenvalue weighted by molar-refractivity contribution is 0.627. The van der Waals surface area contributed by atoms with Gasteiger partial charge in [-0.2, -0.15) is 5.26 Å². The lowest BCUT2D eigenvalue weighted by Gasteiger charge is -2.20. The molecule has 2 aromatic carbocycles. The minimum atomic E-state index is -0.441. The Kier molecular flexibility index (Phi) is 3.55. The van der Waals surface area contributed by atoms with Gasteiger partial charge in [0, 0.05) is 5.56 Å². The second kappa shape index (κ2) is 5.29. The molecule has 4 nitrogen and oxygen atoms in total. The molecule has 0 unspecified atom stereocenters. The van der Waals surface area contributed by atoms with E-state index in [4.69, 9.17) is 16.5 Å². The van der Waals surface area contributed by atoms with E-state index in [1.54, 1.807) is 30.3 Å². The SMILES string of the molecule is N#Cc1ccccc1N(N)C(=N)c1cccc(F)c1. The van der Waals surface area contributed by atoms with Gasteiger partial charge in [0.25, 0.3) is 0 Å². The van der Waals surface area contributed by atoms with Crippen LogP contribution in [0.2, 0.25) is 0 Å². The van der Waals surface area contributed by atoms with Gasteiger partial charge in [-0.15, -0.1) is 0 Å². The fraction of sp³-hybridized carbons (Fsp3) is 0. The molecule has 0 aliphatic rings. The number of para-hydroxylation sites is 1. The first-order chi connectivity index (χ1) is 9.13.